The summed E-state index contributed by atoms with van der Waals surface area (Å²) >= 11 is 0. The summed E-state index contributed by atoms with van der Waals surface area (Å²) in [5.74, 6) is -1.03. The monoisotopic (exact) mass is 393 g/mol. The van der Waals surface area contributed by atoms with Crippen LogP contribution in [0.4, 0.5) is 4.39 Å². The zero-order chi connectivity index (χ0) is 20.7. The molecule has 0 saturated carbocycles. The van der Waals surface area contributed by atoms with Gasteiger partial charge in [-0.2, -0.15) is 0 Å². The highest BCUT2D eigenvalue weighted by molar-refractivity contribution is 5.94. The number of aliphatic carboxylic acids is 1. The lowest BCUT2D eigenvalue weighted by Gasteiger charge is -2.39. The van der Waals surface area contributed by atoms with Gasteiger partial charge >= 0.3 is 5.97 Å². The second-order valence-electron chi connectivity index (χ2n) is 8.06. The fraction of sp³-hybridized carbons (Fsp3) is 0.619. The summed E-state index contributed by atoms with van der Waals surface area (Å²) in [6, 6.07) is 5.60. The maximum Gasteiger partial charge on any atom is 0.303 e. The van der Waals surface area contributed by atoms with Crippen LogP contribution in [0.2, 0.25) is 0 Å². The number of likely N-dealkylation sites (tertiary alicyclic amines) is 1. The molecule has 1 N–H and O–H groups in total. The van der Waals surface area contributed by atoms with Crippen molar-refractivity contribution in [2.75, 3.05) is 53.9 Å². The molecule has 0 aromatic heterocycles. The van der Waals surface area contributed by atoms with Crippen LogP contribution >= 0.6 is 0 Å². The van der Waals surface area contributed by atoms with Crippen molar-refractivity contribution in [2.24, 2.45) is 11.8 Å². The average molecular weight is 394 g/mol. The SMILES string of the molecule is CN(C)CCN(C)CCC1CN(C(=O)c2ccc(F)cc2)CCC1CC(=O)O. The summed E-state index contributed by atoms with van der Waals surface area (Å²) in [5.41, 5.74) is 0.472. The summed E-state index contributed by atoms with van der Waals surface area (Å²) in [7, 11) is 6.15. The van der Waals surface area contributed by atoms with Gasteiger partial charge in [0.2, 0.25) is 0 Å². The number of carboxylic acids is 1. The third-order valence-electron chi connectivity index (χ3n) is 5.52. The number of hydrogen-bond acceptors (Lipinski definition) is 4. The lowest BCUT2D eigenvalue weighted by Crippen LogP contribution is -2.45. The van der Waals surface area contributed by atoms with Gasteiger partial charge in [-0.15, -0.1) is 0 Å². The minimum Gasteiger partial charge on any atom is -0.481 e. The molecule has 2 unspecified atom stereocenters. The quantitative estimate of drug-likeness (QED) is 0.697. The molecule has 2 atom stereocenters. The van der Waals surface area contributed by atoms with Gasteiger partial charge in [-0.05, 0) is 76.6 Å². The van der Waals surface area contributed by atoms with E-state index >= 15 is 0 Å². The van der Waals surface area contributed by atoms with Gasteiger partial charge in [-0.1, -0.05) is 0 Å². The van der Waals surface area contributed by atoms with Crippen molar-refractivity contribution >= 4 is 11.9 Å². The molecule has 0 radical (unpaired) electrons. The summed E-state index contributed by atoms with van der Waals surface area (Å²) in [6.45, 7) is 3.88. The van der Waals surface area contributed by atoms with Crippen LogP contribution in [0.25, 0.3) is 0 Å². The van der Waals surface area contributed by atoms with Gasteiger partial charge in [-0.3, -0.25) is 9.59 Å². The van der Waals surface area contributed by atoms with Crippen molar-refractivity contribution in [1.29, 1.82) is 0 Å². The van der Waals surface area contributed by atoms with E-state index in [0.717, 1.165) is 26.1 Å². The van der Waals surface area contributed by atoms with Crippen molar-refractivity contribution in [3.8, 4) is 0 Å². The van der Waals surface area contributed by atoms with Gasteiger partial charge in [0.15, 0.2) is 0 Å². The van der Waals surface area contributed by atoms with E-state index in [1.807, 2.05) is 14.1 Å². The first-order valence-electron chi connectivity index (χ1n) is 9.86. The Morgan fingerprint density at radius 3 is 2.39 bits per heavy atom. The lowest BCUT2D eigenvalue weighted by atomic mass is 9.81. The van der Waals surface area contributed by atoms with Crippen molar-refractivity contribution < 1.29 is 19.1 Å². The van der Waals surface area contributed by atoms with E-state index in [1.165, 1.54) is 24.3 Å². The van der Waals surface area contributed by atoms with E-state index in [0.29, 0.717) is 25.1 Å². The minimum absolute atomic E-state index is 0.0806. The third-order valence-corrected chi connectivity index (χ3v) is 5.52. The Balaban J connectivity index is 1.99. The average Bonchev–Trinajstić information content (AvgIpc) is 2.65. The Morgan fingerprint density at radius 2 is 1.79 bits per heavy atom. The third kappa shape index (κ3) is 6.87. The van der Waals surface area contributed by atoms with E-state index in [-0.39, 0.29) is 30.0 Å². The molecule has 1 amide bonds. The van der Waals surface area contributed by atoms with Gasteiger partial charge in [0.25, 0.3) is 5.91 Å². The number of rotatable bonds is 9. The Labute approximate surface area is 166 Å². The van der Waals surface area contributed by atoms with Gasteiger partial charge < -0.3 is 19.8 Å². The number of likely N-dealkylation sites (N-methyl/N-ethyl adjacent to an activating group) is 2. The number of nitrogens with zero attached hydrogens (tertiary/aromatic N) is 3. The first kappa shape index (κ1) is 22.3. The van der Waals surface area contributed by atoms with Gasteiger partial charge in [0.05, 0.1) is 0 Å². The van der Waals surface area contributed by atoms with Crippen LogP contribution in [0.3, 0.4) is 0 Å². The molecule has 28 heavy (non-hydrogen) atoms. The fourth-order valence-corrected chi connectivity index (χ4v) is 3.73. The van der Waals surface area contributed by atoms with Crippen molar-refractivity contribution in [2.45, 2.75) is 19.3 Å². The fourth-order valence-electron chi connectivity index (χ4n) is 3.73. The van der Waals surface area contributed by atoms with Crippen LogP contribution in [-0.2, 0) is 4.79 Å². The molecule has 2 rings (SSSR count). The molecule has 1 aliphatic heterocycles. The molecular formula is C21H32FN3O3. The Kier molecular flexibility index (Phi) is 8.38. The number of carbonyl (C=O) groups excluding carboxylic acids is 1. The van der Waals surface area contributed by atoms with E-state index in [9.17, 15) is 19.1 Å². The summed E-state index contributed by atoms with van der Waals surface area (Å²) < 4.78 is 13.1. The van der Waals surface area contributed by atoms with E-state index in [2.05, 4.69) is 16.8 Å². The van der Waals surface area contributed by atoms with Crippen molar-refractivity contribution in [3.05, 3.63) is 35.6 Å². The molecule has 1 aromatic rings. The molecule has 156 valence electrons. The first-order valence-corrected chi connectivity index (χ1v) is 9.86. The smallest absolute Gasteiger partial charge is 0.303 e. The van der Waals surface area contributed by atoms with Crippen LogP contribution in [-0.4, -0.2) is 85.5 Å². The lowest BCUT2D eigenvalue weighted by molar-refractivity contribution is -0.139. The molecule has 1 fully saturated rings. The van der Waals surface area contributed by atoms with Gasteiger partial charge in [-0.25, -0.2) is 4.39 Å². The topological polar surface area (TPSA) is 64.1 Å². The molecule has 0 spiro atoms. The van der Waals surface area contributed by atoms with Crippen LogP contribution < -0.4 is 0 Å². The molecule has 1 saturated heterocycles. The first-order chi connectivity index (χ1) is 13.3. The Hall–Kier alpha value is -1.99. The molecule has 0 bridgehead atoms. The number of carbonyl (C=O) groups is 2. The summed E-state index contributed by atoms with van der Waals surface area (Å²) in [5, 5.41) is 9.25. The predicted molar refractivity (Wildman–Crippen MR) is 107 cm³/mol. The van der Waals surface area contributed by atoms with Crippen LogP contribution in [0.1, 0.15) is 29.6 Å². The number of amides is 1. The number of piperidine rings is 1. The van der Waals surface area contributed by atoms with Crippen LogP contribution in [0, 0.1) is 17.7 Å². The normalized spacial score (nSPS) is 20.0. The molecule has 1 aromatic carbocycles. The van der Waals surface area contributed by atoms with Crippen molar-refractivity contribution in [1.82, 2.24) is 14.7 Å². The number of carboxylic acid groups (broad SMARTS) is 1. The molecule has 0 aliphatic carbocycles. The Bertz CT molecular complexity index is 651. The highest BCUT2D eigenvalue weighted by atomic mass is 19.1. The highest BCUT2D eigenvalue weighted by Gasteiger charge is 2.33. The van der Waals surface area contributed by atoms with E-state index in [1.54, 1.807) is 4.90 Å². The second kappa shape index (κ2) is 10.5. The van der Waals surface area contributed by atoms with Gasteiger partial charge in [0, 0.05) is 38.2 Å². The number of benzene rings is 1. The number of hydrogen-bond donors (Lipinski definition) is 1. The molecular weight excluding hydrogens is 361 g/mol. The maximum atomic E-state index is 13.1. The predicted octanol–water partition coefficient (Wildman–Crippen LogP) is 2.26. The van der Waals surface area contributed by atoms with Crippen LogP contribution in [0.5, 0.6) is 0 Å². The molecule has 1 heterocycles. The van der Waals surface area contributed by atoms with E-state index in [4.69, 9.17) is 0 Å². The highest BCUT2D eigenvalue weighted by Crippen LogP contribution is 2.30. The Morgan fingerprint density at radius 1 is 1.11 bits per heavy atom. The summed E-state index contributed by atoms with van der Waals surface area (Å²) in [6.07, 6.45) is 1.69. The maximum absolute atomic E-state index is 13.1. The van der Waals surface area contributed by atoms with E-state index < -0.39 is 5.97 Å². The number of halogens is 1. The van der Waals surface area contributed by atoms with Crippen molar-refractivity contribution in [3.63, 3.8) is 0 Å². The largest absolute Gasteiger partial charge is 0.481 e. The molecule has 1 aliphatic rings. The van der Waals surface area contributed by atoms with Crippen LogP contribution in [0.15, 0.2) is 24.3 Å². The summed E-state index contributed by atoms with van der Waals surface area (Å²) in [4.78, 5) is 30.2. The molecule has 7 heteroatoms. The van der Waals surface area contributed by atoms with Gasteiger partial charge in [0.1, 0.15) is 5.82 Å². The zero-order valence-electron chi connectivity index (χ0n) is 17.1. The second-order valence-corrected chi connectivity index (χ2v) is 8.06. The molecule has 6 nitrogen and oxygen atoms in total. The minimum atomic E-state index is -0.783. The zero-order valence-corrected chi connectivity index (χ0v) is 17.1. The standard InChI is InChI=1S/C21H32FN3O3/c1-23(2)12-13-24(3)10-8-18-15-25(11-9-17(18)14-20(26)27)21(28)16-4-6-19(22)7-5-16/h4-7,17-18H,8-15H2,1-3H3,(H,26,27).